The molecule has 3 rings (SSSR count). The molecule has 0 aliphatic rings. The van der Waals surface area contributed by atoms with Crippen molar-refractivity contribution >= 4 is 28.5 Å². The van der Waals surface area contributed by atoms with Crippen LogP contribution < -0.4 is 10.2 Å². The minimum absolute atomic E-state index is 0.0724. The molecule has 2 aromatic carbocycles. The van der Waals surface area contributed by atoms with Crippen molar-refractivity contribution in [2.75, 3.05) is 11.9 Å². The molecule has 1 N–H and O–H groups in total. The zero-order chi connectivity index (χ0) is 19.4. The van der Waals surface area contributed by atoms with Crippen LogP contribution in [0.5, 0.6) is 0 Å². The van der Waals surface area contributed by atoms with Crippen LogP contribution in [-0.2, 0) is 22.7 Å². The van der Waals surface area contributed by atoms with Gasteiger partial charge in [-0.3, -0.25) is 9.59 Å². The number of nitrogens with one attached hydrogen (secondary N) is 1. The van der Waals surface area contributed by atoms with Gasteiger partial charge in [-0.2, -0.15) is 0 Å². The number of anilines is 1. The maximum absolute atomic E-state index is 12.8. The molecule has 0 bridgehead atoms. The summed E-state index contributed by atoms with van der Waals surface area (Å²) in [7, 11) is 1.75. The Morgan fingerprint density at radius 2 is 1.78 bits per heavy atom. The van der Waals surface area contributed by atoms with E-state index < -0.39 is 0 Å². The van der Waals surface area contributed by atoms with Gasteiger partial charge in [0.1, 0.15) is 12.4 Å². The highest BCUT2D eigenvalue weighted by Gasteiger charge is 2.17. The number of amides is 2. The molecule has 138 valence electrons. The first kappa shape index (κ1) is 18.4. The van der Waals surface area contributed by atoms with Crippen molar-refractivity contribution in [3.8, 4) is 0 Å². The van der Waals surface area contributed by atoms with Gasteiger partial charge in [0, 0.05) is 18.3 Å². The van der Waals surface area contributed by atoms with E-state index in [9.17, 15) is 9.59 Å². The van der Waals surface area contributed by atoms with Crippen LogP contribution in [0.15, 0.2) is 66.7 Å². The number of aromatic nitrogens is 2. The third-order valence-corrected chi connectivity index (χ3v) is 4.34. The summed E-state index contributed by atoms with van der Waals surface area (Å²) in [5.41, 5.74) is 2.89. The molecule has 1 heterocycles. The van der Waals surface area contributed by atoms with Gasteiger partial charge >= 0.3 is 0 Å². The molecule has 2 amide bonds. The number of carbonyl (C=O) groups excluding carboxylic acids is 2. The molecule has 0 spiro atoms. The van der Waals surface area contributed by atoms with Crippen molar-refractivity contribution in [2.24, 2.45) is 0 Å². The summed E-state index contributed by atoms with van der Waals surface area (Å²) in [4.78, 5) is 30.9. The fourth-order valence-electron chi connectivity index (χ4n) is 2.78. The lowest BCUT2D eigenvalue weighted by Gasteiger charge is -2.19. The Morgan fingerprint density at radius 1 is 1.11 bits per heavy atom. The van der Waals surface area contributed by atoms with Gasteiger partial charge in [-0.25, -0.2) is 4.98 Å². The fraction of sp³-hybridized carbons (Fsp3) is 0.190. The number of para-hydroxylation sites is 3. The lowest BCUT2D eigenvalue weighted by Crippen LogP contribution is -2.31. The summed E-state index contributed by atoms with van der Waals surface area (Å²) in [6.07, 6.45) is 0. The van der Waals surface area contributed by atoms with Gasteiger partial charge in [-0.15, -0.1) is 0 Å². The fourth-order valence-corrected chi connectivity index (χ4v) is 2.78. The van der Waals surface area contributed by atoms with Gasteiger partial charge in [0.05, 0.1) is 17.6 Å². The molecule has 0 saturated heterocycles. The van der Waals surface area contributed by atoms with Crippen LogP contribution in [0.2, 0.25) is 0 Å². The Hall–Kier alpha value is -3.41. The molecule has 0 aliphatic heterocycles. The van der Waals surface area contributed by atoms with E-state index >= 15 is 0 Å². The van der Waals surface area contributed by atoms with Crippen LogP contribution in [0.4, 0.5) is 5.69 Å². The minimum atomic E-state index is -0.235. The Bertz CT molecular complexity index is 992. The number of carbonyl (C=O) groups is 2. The molecule has 0 atom stereocenters. The van der Waals surface area contributed by atoms with Crippen LogP contribution in [-0.4, -0.2) is 28.4 Å². The van der Waals surface area contributed by atoms with E-state index in [1.54, 1.807) is 18.9 Å². The highest BCUT2D eigenvalue weighted by Crippen LogP contribution is 2.18. The standard InChI is InChI=1S/C21H22N4O2/c1-15(2)21(27)22-13-19-23-17-11-7-8-12-18(17)25(19)14-20(26)24(3)16-9-5-4-6-10-16/h4-12H,1,13-14H2,2-3H3,(H,22,27). The number of imidazole rings is 1. The maximum atomic E-state index is 12.8. The largest absolute Gasteiger partial charge is 0.345 e. The van der Waals surface area contributed by atoms with Gasteiger partial charge in [0.2, 0.25) is 11.8 Å². The number of hydrogen-bond donors (Lipinski definition) is 1. The van der Waals surface area contributed by atoms with Crippen LogP contribution in [0.25, 0.3) is 11.0 Å². The number of benzene rings is 2. The first-order valence-electron chi connectivity index (χ1n) is 8.67. The van der Waals surface area contributed by atoms with Crippen molar-refractivity contribution in [3.05, 3.63) is 72.6 Å². The van der Waals surface area contributed by atoms with Gasteiger partial charge in [-0.1, -0.05) is 36.9 Å². The topological polar surface area (TPSA) is 67.2 Å². The summed E-state index contributed by atoms with van der Waals surface area (Å²) >= 11 is 0. The number of hydrogen-bond acceptors (Lipinski definition) is 3. The maximum Gasteiger partial charge on any atom is 0.246 e. The number of nitrogens with zero attached hydrogens (tertiary/aromatic N) is 3. The molecule has 27 heavy (non-hydrogen) atoms. The molecule has 0 saturated carbocycles. The molecule has 0 radical (unpaired) electrons. The van der Waals surface area contributed by atoms with Crippen LogP contribution in [0.3, 0.4) is 0 Å². The Balaban J connectivity index is 1.87. The van der Waals surface area contributed by atoms with Crippen molar-refractivity contribution in [2.45, 2.75) is 20.0 Å². The second-order valence-electron chi connectivity index (χ2n) is 6.35. The minimum Gasteiger partial charge on any atom is -0.345 e. The van der Waals surface area contributed by atoms with Crippen molar-refractivity contribution in [1.82, 2.24) is 14.9 Å². The normalized spacial score (nSPS) is 10.6. The third-order valence-electron chi connectivity index (χ3n) is 4.34. The molecule has 0 unspecified atom stereocenters. The lowest BCUT2D eigenvalue weighted by atomic mass is 10.3. The summed E-state index contributed by atoms with van der Waals surface area (Å²) in [5.74, 6) is 0.318. The average Bonchev–Trinajstić information content (AvgIpc) is 3.03. The van der Waals surface area contributed by atoms with Crippen molar-refractivity contribution < 1.29 is 9.59 Å². The first-order chi connectivity index (χ1) is 13.0. The zero-order valence-electron chi connectivity index (χ0n) is 15.5. The molecule has 6 heteroatoms. The van der Waals surface area contributed by atoms with Crippen molar-refractivity contribution in [3.63, 3.8) is 0 Å². The Kier molecular flexibility index (Phi) is 5.35. The number of fused-ring (bicyclic) bond motifs is 1. The van der Waals surface area contributed by atoms with Gasteiger partial charge in [0.25, 0.3) is 0 Å². The van der Waals surface area contributed by atoms with E-state index in [0.717, 1.165) is 16.7 Å². The summed E-state index contributed by atoms with van der Waals surface area (Å²) in [6.45, 7) is 5.64. The predicted octanol–water partition coefficient (Wildman–Crippen LogP) is 2.89. The second kappa shape index (κ2) is 7.86. The van der Waals surface area contributed by atoms with E-state index in [1.165, 1.54) is 0 Å². The van der Waals surface area contributed by atoms with Crippen LogP contribution in [0.1, 0.15) is 12.7 Å². The van der Waals surface area contributed by atoms with E-state index in [0.29, 0.717) is 11.4 Å². The quantitative estimate of drug-likeness (QED) is 0.686. The molecule has 6 nitrogen and oxygen atoms in total. The van der Waals surface area contributed by atoms with E-state index in [4.69, 9.17) is 0 Å². The zero-order valence-corrected chi connectivity index (χ0v) is 15.5. The monoisotopic (exact) mass is 362 g/mol. The molecule has 0 aliphatic carbocycles. The van der Waals surface area contributed by atoms with Crippen molar-refractivity contribution in [1.29, 1.82) is 0 Å². The first-order valence-corrected chi connectivity index (χ1v) is 8.67. The smallest absolute Gasteiger partial charge is 0.246 e. The predicted molar refractivity (Wildman–Crippen MR) is 106 cm³/mol. The highest BCUT2D eigenvalue weighted by atomic mass is 16.2. The van der Waals surface area contributed by atoms with E-state index in [1.807, 2.05) is 59.2 Å². The molecular formula is C21H22N4O2. The molecule has 3 aromatic rings. The SMILES string of the molecule is C=C(C)C(=O)NCc1nc2ccccc2n1CC(=O)N(C)c1ccccc1. The molecular weight excluding hydrogens is 340 g/mol. The van der Waals surface area contributed by atoms with Gasteiger partial charge in [0.15, 0.2) is 0 Å². The lowest BCUT2D eigenvalue weighted by molar-refractivity contribution is -0.119. The van der Waals surface area contributed by atoms with Crippen LogP contribution >= 0.6 is 0 Å². The van der Waals surface area contributed by atoms with Gasteiger partial charge < -0.3 is 14.8 Å². The summed E-state index contributed by atoms with van der Waals surface area (Å²) in [6, 6.07) is 17.1. The average molecular weight is 362 g/mol. The second-order valence-corrected chi connectivity index (χ2v) is 6.35. The third kappa shape index (κ3) is 4.06. The van der Waals surface area contributed by atoms with E-state index in [-0.39, 0.29) is 24.9 Å². The van der Waals surface area contributed by atoms with E-state index in [2.05, 4.69) is 16.9 Å². The molecule has 1 aromatic heterocycles. The molecule has 0 fully saturated rings. The van der Waals surface area contributed by atoms with Crippen LogP contribution in [0, 0.1) is 0 Å². The number of rotatable bonds is 6. The highest BCUT2D eigenvalue weighted by molar-refractivity contribution is 5.94. The Labute approximate surface area is 158 Å². The van der Waals surface area contributed by atoms with Gasteiger partial charge in [-0.05, 0) is 31.2 Å². The summed E-state index contributed by atoms with van der Waals surface area (Å²) < 4.78 is 1.84. The number of likely N-dealkylation sites (N-methyl/N-ethyl adjacent to an activating group) is 1. The summed E-state index contributed by atoms with van der Waals surface area (Å²) in [5, 5.41) is 2.79. The Morgan fingerprint density at radius 3 is 2.48 bits per heavy atom.